The lowest BCUT2D eigenvalue weighted by Gasteiger charge is -2.36. The number of amides is 1. The lowest BCUT2D eigenvalue weighted by atomic mass is 10.2. The molecule has 0 aliphatic carbocycles. The van der Waals surface area contributed by atoms with Crippen molar-refractivity contribution in [2.24, 2.45) is 0 Å². The van der Waals surface area contributed by atoms with Crippen LogP contribution in [0.2, 0.25) is 0 Å². The number of rotatable bonds is 7. The topological polar surface area (TPSA) is 48.5 Å². The van der Waals surface area contributed by atoms with Crippen molar-refractivity contribution in [1.29, 1.82) is 0 Å². The van der Waals surface area contributed by atoms with Crippen molar-refractivity contribution >= 4 is 17.4 Å². The number of nitrogens with one attached hydrogen (secondary N) is 1. The van der Waals surface area contributed by atoms with E-state index < -0.39 is 0 Å². The zero-order valence-corrected chi connectivity index (χ0v) is 15.8. The number of para-hydroxylation sites is 1. The molecular weight excluding hydrogens is 343 g/mol. The fraction of sp³-hybridized carbons (Fsp3) is 0.429. The summed E-state index contributed by atoms with van der Waals surface area (Å²) in [6.45, 7) is 5.44. The Morgan fingerprint density at radius 3 is 2.67 bits per heavy atom. The third-order valence-corrected chi connectivity index (χ3v) is 4.85. The van der Waals surface area contributed by atoms with Crippen molar-refractivity contribution < 1.29 is 9.18 Å². The van der Waals surface area contributed by atoms with Crippen LogP contribution in [0, 0.1) is 5.82 Å². The summed E-state index contributed by atoms with van der Waals surface area (Å²) < 4.78 is 14.0. The zero-order chi connectivity index (χ0) is 19.1. The summed E-state index contributed by atoms with van der Waals surface area (Å²) in [5.41, 5.74) is 1.24. The maximum atomic E-state index is 14.0. The molecule has 2 heterocycles. The van der Waals surface area contributed by atoms with E-state index in [1.54, 1.807) is 24.4 Å². The first-order valence-corrected chi connectivity index (χ1v) is 9.67. The number of benzene rings is 1. The van der Waals surface area contributed by atoms with Crippen LogP contribution in [0.5, 0.6) is 0 Å². The molecule has 0 saturated carbocycles. The fourth-order valence-corrected chi connectivity index (χ4v) is 3.29. The molecular formula is C21H27FN4O. The van der Waals surface area contributed by atoms with Crippen molar-refractivity contribution in [3.8, 4) is 0 Å². The van der Waals surface area contributed by atoms with Crippen LogP contribution in [-0.2, 0) is 0 Å². The van der Waals surface area contributed by atoms with Crippen LogP contribution in [0.15, 0.2) is 42.6 Å². The molecule has 1 amide bonds. The molecule has 1 aromatic heterocycles. The minimum Gasteiger partial charge on any atom is -0.370 e. The van der Waals surface area contributed by atoms with Crippen molar-refractivity contribution in [3.05, 3.63) is 54.0 Å². The van der Waals surface area contributed by atoms with E-state index >= 15 is 0 Å². The van der Waals surface area contributed by atoms with Gasteiger partial charge in [0.25, 0.3) is 5.91 Å². The molecule has 0 spiro atoms. The maximum absolute atomic E-state index is 14.0. The lowest BCUT2D eigenvalue weighted by molar-refractivity contribution is 0.0746. The van der Waals surface area contributed by atoms with Gasteiger partial charge in [-0.3, -0.25) is 4.79 Å². The van der Waals surface area contributed by atoms with Crippen molar-refractivity contribution in [2.45, 2.75) is 26.2 Å². The molecule has 1 aliphatic rings. The number of piperazine rings is 1. The molecule has 0 unspecified atom stereocenters. The number of pyridine rings is 1. The number of nitrogens with zero attached hydrogens (tertiary/aromatic N) is 3. The summed E-state index contributed by atoms with van der Waals surface area (Å²) in [4.78, 5) is 20.9. The second-order valence-electron chi connectivity index (χ2n) is 6.79. The van der Waals surface area contributed by atoms with Gasteiger partial charge in [-0.25, -0.2) is 9.37 Å². The zero-order valence-electron chi connectivity index (χ0n) is 15.8. The van der Waals surface area contributed by atoms with Crippen molar-refractivity contribution in [2.75, 3.05) is 42.9 Å². The van der Waals surface area contributed by atoms with Gasteiger partial charge in [0.2, 0.25) is 0 Å². The molecule has 3 rings (SSSR count). The SMILES string of the molecule is CCCCCNc1cc(C(=O)N2CCN(c3ccccc3F)CC2)ccn1. The predicted molar refractivity (Wildman–Crippen MR) is 107 cm³/mol. The van der Waals surface area contributed by atoms with E-state index in [1.165, 1.54) is 18.9 Å². The first-order valence-electron chi connectivity index (χ1n) is 9.67. The normalized spacial score (nSPS) is 14.3. The molecule has 0 bridgehead atoms. The van der Waals surface area contributed by atoms with Crippen LogP contribution in [0.3, 0.4) is 0 Å². The van der Waals surface area contributed by atoms with Gasteiger partial charge < -0.3 is 15.1 Å². The third kappa shape index (κ3) is 4.96. The Kier molecular flexibility index (Phi) is 6.63. The Morgan fingerprint density at radius 2 is 1.93 bits per heavy atom. The summed E-state index contributed by atoms with van der Waals surface area (Å²) in [5.74, 6) is 0.523. The highest BCUT2D eigenvalue weighted by molar-refractivity contribution is 5.95. The number of unbranched alkanes of at least 4 members (excludes halogenated alkanes) is 2. The first-order chi connectivity index (χ1) is 13.2. The standard InChI is InChI=1S/C21H27FN4O/c1-2-3-6-10-23-20-16-17(9-11-24-20)21(27)26-14-12-25(13-15-26)19-8-5-4-7-18(19)22/h4-5,7-9,11,16H,2-3,6,10,12-15H2,1H3,(H,23,24). The number of aromatic nitrogens is 1. The summed E-state index contributed by atoms with van der Waals surface area (Å²) in [5, 5.41) is 3.28. The van der Waals surface area contributed by atoms with Gasteiger partial charge in [-0.05, 0) is 30.7 Å². The molecule has 1 aromatic carbocycles. The number of anilines is 2. The monoisotopic (exact) mass is 370 g/mol. The Hall–Kier alpha value is -2.63. The number of halogens is 1. The predicted octanol–water partition coefficient (Wildman–Crippen LogP) is 3.79. The molecule has 1 N–H and O–H groups in total. The van der Waals surface area contributed by atoms with Gasteiger partial charge in [-0.15, -0.1) is 0 Å². The van der Waals surface area contributed by atoms with E-state index in [-0.39, 0.29) is 11.7 Å². The maximum Gasteiger partial charge on any atom is 0.254 e. The second kappa shape index (κ2) is 9.35. The van der Waals surface area contributed by atoms with Crippen LogP contribution >= 0.6 is 0 Å². The molecule has 27 heavy (non-hydrogen) atoms. The molecule has 0 radical (unpaired) electrons. The van der Waals surface area contributed by atoms with E-state index in [0.717, 1.165) is 18.8 Å². The number of carbonyl (C=O) groups excluding carboxylic acids is 1. The van der Waals surface area contributed by atoms with Gasteiger partial charge in [0.1, 0.15) is 11.6 Å². The van der Waals surface area contributed by atoms with Crippen LogP contribution in [0.25, 0.3) is 0 Å². The summed E-state index contributed by atoms with van der Waals surface area (Å²) in [6, 6.07) is 10.4. The Morgan fingerprint density at radius 1 is 1.15 bits per heavy atom. The van der Waals surface area contributed by atoms with Gasteiger partial charge in [-0.1, -0.05) is 31.9 Å². The molecule has 1 saturated heterocycles. The highest BCUT2D eigenvalue weighted by atomic mass is 19.1. The summed E-state index contributed by atoms with van der Waals surface area (Å²) in [6.07, 6.45) is 5.11. The molecule has 144 valence electrons. The first kappa shape index (κ1) is 19.1. The molecule has 1 aliphatic heterocycles. The lowest BCUT2D eigenvalue weighted by Crippen LogP contribution is -2.49. The van der Waals surface area contributed by atoms with Crippen LogP contribution in [0.4, 0.5) is 15.9 Å². The van der Waals surface area contributed by atoms with Crippen molar-refractivity contribution in [1.82, 2.24) is 9.88 Å². The van der Waals surface area contributed by atoms with E-state index in [2.05, 4.69) is 17.2 Å². The average Bonchev–Trinajstić information content (AvgIpc) is 2.71. The summed E-state index contributed by atoms with van der Waals surface area (Å²) in [7, 11) is 0. The molecule has 1 fully saturated rings. The molecule has 6 heteroatoms. The highest BCUT2D eigenvalue weighted by Crippen LogP contribution is 2.21. The van der Waals surface area contributed by atoms with Gasteiger partial charge in [0.05, 0.1) is 5.69 Å². The number of hydrogen-bond donors (Lipinski definition) is 1. The molecule has 5 nitrogen and oxygen atoms in total. The smallest absolute Gasteiger partial charge is 0.254 e. The molecule has 2 aromatic rings. The van der Waals surface area contributed by atoms with Gasteiger partial charge in [0.15, 0.2) is 0 Å². The minimum absolute atomic E-state index is 0.00203. The molecule has 0 atom stereocenters. The van der Waals surface area contributed by atoms with E-state index in [1.807, 2.05) is 21.9 Å². The minimum atomic E-state index is -0.217. The largest absolute Gasteiger partial charge is 0.370 e. The van der Waals surface area contributed by atoms with Crippen LogP contribution in [0.1, 0.15) is 36.5 Å². The Bertz CT molecular complexity index is 759. The van der Waals surface area contributed by atoms with Crippen LogP contribution < -0.4 is 10.2 Å². The second-order valence-corrected chi connectivity index (χ2v) is 6.79. The van der Waals surface area contributed by atoms with E-state index in [9.17, 15) is 9.18 Å². The van der Waals surface area contributed by atoms with Crippen LogP contribution in [-0.4, -0.2) is 48.5 Å². The Labute approximate surface area is 160 Å². The Balaban J connectivity index is 1.57. The number of hydrogen-bond acceptors (Lipinski definition) is 4. The fourth-order valence-electron chi connectivity index (χ4n) is 3.29. The van der Waals surface area contributed by atoms with Gasteiger partial charge >= 0.3 is 0 Å². The van der Waals surface area contributed by atoms with Crippen molar-refractivity contribution in [3.63, 3.8) is 0 Å². The average molecular weight is 370 g/mol. The van der Waals surface area contributed by atoms with Gasteiger partial charge in [-0.2, -0.15) is 0 Å². The summed E-state index contributed by atoms with van der Waals surface area (Å²) >= 11 is 0. The quantitative estimate of drug-likeness (QED) is 0.754. The number of carbonyl (C=O) groups is 1. The van der Waals surface area contributed by atoms with Gasteiger partial charge in [0, 0.05) is 44.5 Å². The highest BCUT2D eigenvalue weighted by Gasteiger charge is 2.23. The van der Waals surface area contributed by atoms with E-state index in [4.69, 9.17) is 0 Å². The third-order valence-electron chi connectivity index (χ3n) is 4.85. The van der Waals surface area contributed by atoms with E-state index in [0.29, 0.717) is 37.4 Å².